The van der Waals surface area contributed by atoms with E-state index >= 15 is 0 Å². The zero-order valence-electron chi connectivity index (χ0n) is 19.5. The molecule has 0 saturated heterocycles. The highest BCUT2D eigenvalue weighted by Crippen LogP contribution is 2.46. The van der Waals surface area contributed by atoms with Crippen LogP contribution in [0.5, 0.6) is 40.2 Å². The largest absolute Gasteiger partial charge is 0.508 e. The lowest BCUT2D eigenvalue weighted by atomic mass is 9.97. The number of fused-ring (bicyclic) bond motifs is 1. The highest BCUT2D eigenvalue weighted by Gasteiger charge is 2.25. The monoisotopic (exact) mass is 512 g/mol. The van der Waals surface area contributed by atoms with Gasteiger partial charge in [0, 0.05) is 23.3 Å². The minimum atomic E-state index is -0.965. The quantitative estimate of drug-likeness (QED) is 0.159. The zero-order valence-corrected chi connectivity index (χ0v) is 19.5. The van der Waals surface area contributed by atoms with Gasteiger partial charge in [0.15, 0.2) is 11.3 Å². The van der Waals surface area contributed by atoms with Crippen molar-refractivity contribution in [3.05, 3.63) is 88.1 Å². The first-order chi connectivity index (χ1) is 18.1. The summed E-state index contributed by atoms with van der Waals surface area (Å²) in [5, 5.41) is 71.0. The van der Waals surface area contributed by atoms with E-state index in [1.165, 1.54) is 54.6 Å². The van der Waals surface area contributed by atoms with Gasteiger partial charge in [-0.3, -0.25) is 4.79 Å². The third kappa shape index (κ3) is 4.28. The fraction of sp³-hybridized carbons (Fsp3) is 0. The molecule has 1 aromatic heterocycles. The highest BCUT2D eigenvalue weighted by atomic mass is 16.4. The van der Waals surface area contributed by atoms with Crippen LogP contribution in [0, 0.1) is 0 Å². The first-order valence-corrected chi connectivity index (χ1v) is 11.2. The second-order valence-electron chi connectivity index (χ2n) is 8.54. The van der Waals surface area contributed by atoms with E-state index in [2.05, 4.69) is 0 Å². The Bertz CT molecular complexity index is 1780. The van der Waals surface area contributed by atoms with Gasteiger partial charge in [0.1, 0.15) is 39.9 Å². The molecule has 0 bridgehead atoms. The molecule has 1 heterocycles. The van der Waals surface area contributed by atoms with Gasteiger partial charge in [0.25, 0.3) is 0 Å². The second kappa shape index (κ2) is 9.14. The summed E-state index contributed by atoms with van der Waals surface area (Å²) in [6.45, 7) is 0. The molecule has 5 aromatic rings. The van der Waals surface area contributed by atoms with E-state index in [4.69, 9.17) is 4.42 Å². The van der Waals surface area contributed by atoms with Crippen molar-refractivity contribution in [2.75, 3.05) is 0 Å². The Morgan fingerprint density at radius 2 is 1.26 bits per heavy atom. The Labute approximate surface area is 214 Å². The Hall–Kier alpha value is -5.57. The van der Waals surface area contributed by atoms with Crippen molar-refractivity contribution in [2.45, 2.75) is 0 Å². The van der Waals surface area contributed by atoms with Gasteiger partial charge >= 0.3 is 0 Å². The van der Waals surface area contributed by atoms with Gasteiger partial charge < -0.3 is 40.2 Å². The molecule has 4 aromatic carbocycles. The predicted octanol–water partition coefficient (Wildman–Crippen LogP) is 5.24. The van der Waals surface area contributed by atoms with E-state index in [0.717, 1.165) is 6.07 Å². The van der Waals surface area contributed by atoms with Crippen molar-refractivity contribution in [3.8, 4) is 62.7 Å². The highest BCUT2D eigenvalue weighted by molar-refractivity contribution is 6.01. The standard InChI is InChI=1S/C29H20O9/c30-17-6-4-16(5-7-17)28-27(37)26(36)25-23(35)13-22(34)24(29(25)38-28)20-11-14(3-8-21(20)33)1-2-15-9-18(31)12-19(32)10-15/h1-13,30-35,37H/b2-1+. The number of phenols is 6. The third-order valence-corrected chi connectivity index (χ3v) is 5.91. The predicted molar refractivity (Wildman–Crippen MR) is 140 cm³/mol. The molecule has 190 valence electrons. The average Bonchev–Trinajstić information content (AvgIpc) is 2.86. The number of rotatable bonds is 4. The number of aromatic hydroxyl groups is 7. The zero-order chi connectivity index (χ0) is 27.1. The van der Waals surface area contributed by atoms with Gasteiger partial charge in [-0.05, 0) is 59.7 Å². The van der Waals surface area contributed by atoms with Crippen LogP contribution in [0.25, 0.3) is 45.6 Å². The minimum absolute atomic E-state index is 0.0527. The van der Waals surface area contributed by atoms with Gasteiger partial charge in [-0.1, -0.05) is 18.2 Å². The van der Waals surface area contributed by atoms with E-state index in [-0.39, 0.29) is 51.0 Å². The second-order valence-corrected chi connectivity index (χ2v) is 8.54. The number of benzene rings is 4. The number of hydrogen-bond donors (Lipinski definition) is 7. The summed E-state index contributed by atoms with van der Waals surface area (Å²) in [6, 6.07) is 14.8. The molecule has 0 saturated carbocycles. The van der Waals surface area contributed by atoms with E-state index in [1.807, 2.05) is 0 Å². The first-order valence-electron chi connectivity index (χ1n) is 11.2. The molecule has 0 aliphatic rings. The van der Waals surface area contributed by atoms with Crippen LogP contribution in [0.15, 0.2) is 75.9 Å². The molecule has 9 heteroatoms. The summed E-state index contributed by atoms with van der Waals surface area (Å²) in [7, 11) is 0. The lowest BCUT2D eigenvalue weighted by Gasteiger charge is -2.14. The molecule has 0 fully saturated rings. The van der Waals surface area contributed by atoms with E-state index in [1.54, 1.807) is 18.2 Å². The number of hydrogen-bond acceptors (Lipinski definition) is 9. The van der Waals surface area contributed by atoms with Gasteiger partial charge in [0.2, 0.25) is 11.2 Å². The molecule has 0 unspecified atom stereocenters. The van der Waals surface area contributed by atoms with Crippen LogP contribution < -0.4 is 5.43 Å². The maximum Gasteiger partial charge on any atom is 0.238 e. The Kier molecular flexibility index (Phi) is 5.81. The van der Waals surface area contributed by atoms with Gasteiger partial charge in [-0.2, -0.15) is 0 Å². The van der Waals surface area contributed by atoms with Crippen LogP contribution in [-0.2, 0) is 0 Å². The van der Waals surface area contributed by atoms with Gasteiger partial charge in [-0.25, -0.2) is 0 Å². The van der Waals surface area contributed by atoms with Crippen LogP contribution >= 0.6 is 0 Å². The third-order valence-electron chi connectivity index (χ3n) is 5.91. The summed E-state index contributed by atoms with van der Waals surface area (Å²) in [6.07, 6.45) is 3.23. The molecule has 0 amide bonds. The van der Waals surface area contributed by atoms with Crippen molar-refractivity contribution in [1.29, 1.82) is 0 Å². The van der Waals surface area contributed by atoms with Crippen molar-refractivity contribution in [3.63, 3.8) is 0 Å². The Morgan fingerprint density at radius 1 is 0.605 bits per heavy atom. The van der Waals surface area contributed by atoms with E-state index in [9.17, 15) is 40.5 Å². The fourth-order valence-corrected chi connectivity index (χ4v) is 4.16. The molecule has 0 atom stereocenters. The Balaban J connectivity index is 1.73. The van der Waals surface area contributed by atoms with Crippen molar-refractivity contribution in [1.82, 2.24) is 0 Å². The smallest absolute Gasteiger partial charge is 0.238 e. The maximum atomic E-state index is 13.1. The minimum Gasteiger partial charge on any atom is -0.508 e. The molecule has 0 spiro atoms. The molecule has 9 nitrogen and oxygen atoms in total. The van der Waals surface area contributed by atoms with Crippen LogP contribution in [-0.4, -0.2) is 35.7 Å². The Morgan fingerprint density at radius 3 is 1.95 bits per heavy atom. The first kappa shape index (κ1) is 24.1. The SMILES string of the molecule is O=c1c(O)c(-c2ccc(O)cc2)oc2c(-c3cc(/C=C/c4cc(O)cc(O)c4)ccc3O)c(O)cc(O)c12. The molecular weight excluding hydrogens is 492 g/mol. The maximum absolute atomic E-state index is 13.1. The fourth-order valence-electron chi connectivity index (χ4n) is 4.16. The molecule has 0 aliphatic heterocycles. The number of phenolic OH excluding ortho intramolecular Hbond substituents is 6. The average molecular weight is 512 g/mol. The molecule has 0 radical (unpaired) electrons. The molecular formula is C29H20O9. The molecule has 7 N–H and O–H groups in total. The summed E-state index contributed by atoms with van der Waals surface area (Å²) in [4.78, 5) is 13.1. The van der Waals surface area contributed by atoms with Crippen LogP contribution in [0.3, 0.4) is 0 Å². The van der Waals surface area contributed by atoms with Gasteiger partial charge in [-0.15, -0.1) is 0 Å². The molecule has 5 rings (SSSR count). The molecule has 38 heavy (non-hydrogen) atoms. The van der Waals surface area contributed by atoms with Crippen molar-refractivity contribution in [2.24, 2.45) is 0 Å². The summed E-state index contributed by atoms with van der Waals surface area (Å²) in [5.74, 6) is -2.78. The normalized spacial score (nSPS) is 11.4. The van der Waals surface area contributed by atoms with E-state index < -0.39 is 28.1 Å². The summed E-state index contributed by atoms with van der Waals surface area (Å²) >= 11 is 0. The van der Waals surface area contributed by atoms with Crippen molar-refractivity contribution >= 4 is 23.1 Å². The van der Waals surface area contributed by atoms with E-state index in [0.29, 0.717) is 11.1 Å². The van der Waals surface area contributed by atoms with Crippen LogP contribution in [0.1, 0.15) is 11.1 Å². The lowest BCUT2D eigenvalue weighted by molar-refractivity contribution is 0.438. The lowest BCUT2D eigenvalue weighted by Crippen LogP contribution is -2.04. The molecule has 0 aliphatic carbocycles. The summed E-state index contributed by atoms with van der Waals surface area (Å²) in [5.41, 5.74) is -0.0499. The van der Waals surface area contributed by atoms with Gasteiger partial charge in [0.05, 0.1) is 5.56 Å². The van der Waals surface area contributed by atoms with Crippen molar-refractivity contribution < 1.29 is 40.2 Å². The van der Waals surface area contributed by atoms with Crippen LogP contribution in [0.4, 0.5) is 0 Å². The topological polar surface area (TPSA) is 172 Å². The summed E-state index contributed by atoms with van der Waals surface area (Å²) < 4.78 is 5.86. The van der Waals surface area contributed by atoms with Crippen LogP contribution in [0.2, 0.25) is 0 Å².